The van der Waals surface area contributed by atoms with E-state index >= 15 is 0 Å². The van der Waals surface area contributed by atoms with Gasteiger partial charge in [0, 0.05) is 37.2 Å². The molecule has 1 heterocycles. The standard InChI is InChI=1S/C18H27BrN4O.HI/c1-20-17(21-13-18(24)9-4-5-10-18)22-14-8-11-23(12-14)16-7-3-2-6-15(16)19;/h2-3,6-7,14,24H,4-5,8-13H2,1H3,(H2,20,21,22);1H. The second-order valence-electron chi connectivity index (χ2n) is 6.88. The molecule has 0 aromatic heterocycles. The number of guanidine groups is 1. The maximum Gasteiger partial charge on any atom is 0.191 e. The number of hydrogen-bond acceptors (Lipinski definition) is 3. The van der Waals surface area contributed by atoms with Gasteiger partial charge in [-0.3, -0.25) is 4.99 Å². The lowest BCUT2D eigenvalue weighted by Crippen LogP contribution is -2.49. The Morgan fingerprint density at radius 3 is 2.76 bits per heavy atom. The van der Waals surface area contributed by atoms with E-state index in [0.29, 0.717) is 12.6 Å². The highest BCUT2D eigenvalue weighted by atomic mass is 127. The predicted octanol–water partition coefficient (Wildman–Crippen LogP) is 3.12. The summed E-state index contributed by atoms with van der Waals surface area (Å²) >= 11 is 3.63. The molecule has 5 nitrogen and oxygen atoms in total. The van der Waals surface area contributed by atoms with Crippen molar-refractivity contribution in [3.05, 3.63) is 28.7 Å². The van der Waals surface area contributed by atoms with E-state index in [9.17, 15) is 5.11 Å². The molecule has 3 rings (SSSR count). The fraction of sp³-hybridized carbons (Fsp3) is 0.611. The van der Waals surface area contributed by atoms with Gasteiger partial charge in [-0.25, -0.2) is 0 Å². The van der Waals surface area contributed by atoms with Crippen molar-refractivity contribution in [3.8, 4) is 0 Å². The number of anilines is 1. The van der Waals surface area contributed by atoms with E-state index in [2.05, 4.69) is 54.7 Å². The lowest BCUT2D eigenvalue weighted by molar-refractivity contribution is 0.0521. The van der Waals surface area contributed by atoms with Gasteiger partial charge >= 0.3 is 0 Å². The van der Waals surface area contributed by atoms with Crippen molar-refractivity contribution >= 4 is 51.6 Å². The Morgan fingerprint density at radius 1 is 1.36 bits per heavy atom. The zero-order valence-electron chi connectivity index (χ0n) is 14.7. The molecule has 2 aliphatic rings. The third kappa shape index (κ3) is 5.47. The Balaban J connectivity index is 0.00000225. The van der Waals surface area contributed by atoms with E-state index in [4.69, 9.17) is 0 Å². The molecular weight excluding hydrogens is 495 g/mol. The van der Waals surface area contributed by atoms with Crippen LogP contribution in [-0.2, 0) is 0 Å². The van der Waals surface area contributed by atoms with Crippen LogP contribution in [0.3, 0.4) is 0 Å². The summed E-state index contributed by atoms with van der Waals surface area (Å²) in [7, 11) is 1.79. The Bertz CT molecular complexity index is 592. The van der Waals surface area contributed by atoms with Gasteiger partial charge in [-0.2, -0.15) is 0 Å². The monoisotopic (exact) mass is 522 g/mol. The van der Waals surface area contributed by atoms with Crippen LogP contribution in [0.15, 0.2) is 33.7 Å². The first-order chi connectivity index (χ1) is 11.6. The Kier molecular flexibility index (Phi) is 7.82. The quantitative estimate of drug-likeness (QED) is 0.323. The average molecular weight is 523 g/mol. The number of nitrogens with zero attached hydrogens (tertiary/aromatic N) is 2. The molecule has 1 aromatic carbocycles. The smallest absolute Gasteiger partial charge is 0.191 e. The summed E-state index contributed by atoms with van der Waals surface area (Å²) in [5.74, 6) is 0.786. The summed E-state index contributed by atoms with van der Waals surface area (Å²) in [5.41, 5.74) is 0.679. The minimum Gasteiger partial charge on any atom is -0.388 e. The SMILES string of the molecule is CN=C(NCC1(O)CCCC1)NC1CCN(c2ccccc2Br)C1.I. The van der Waals surface area contributed by atoms with Crippen LogP contribution in [0.1, 0.15) is 32.1 Å². The maximum absolute atomic E-state index is 10.5. The first-order valence-electron chi connectivity index (χ1n) is 8.79. The molecule has 7 heteroatoms. The first-order valence-corrected chi connectivity index (χ1v) is 9.58. The minimum absolute atomic E-state index is 0. The number of aliphatic imine (C=N–C) groups is 1. The third-order valence-corrected chi connectivity index (χ3v) is 5.74. The van der Waals surface area contributed by atoms with E-state index in [-0.39, 0.29) is 24.0 Å². The highest BCUT2D eigenvalue weighted by molar-refractivity contribution is 14.0. The molecule has 1 saturated carbocycles. The van der Waals surface area contributed by atoms with Gasteiger partial charge in [-0.1, -0.05) is 25.0 Å². The van der Waals surface area contributed by atoms with Crippen LogP contribution in [0.4, 0.5) is 5.69 Å². The molecule has 1 aliphatic carbocycles. The van der Waals surface area contributed by atoms with E-state index in [1.807, 2.05) is 6.07 Å². The van der Waals surface area contributed by atoms with Gasteiger partial charge in [0.1, 0.15) is 0 Å². The summed E-state index contributed by atoms with van der Waals surface area (Å²) in [6, 6.07) is 8.71. The molecule has 1 atom stereocenters. The molecule has 2 fully saturated rings. The Morgan fingerprint density at radius 2 is 2.08 bits per heavy atom. The molecule has 1 saturated heterocycles. The molecule has 3 N–H and O–H groups in total. The van der Waals surface area contributed by atoms with Gasteiger partial charge in [-0.15, -0.1) is 24.0 Å². The lowest BCUT2D eigenvalue weighted by Gasteiger charge is -2.25. The predicted molar refractivity (Wildman–Crippen MR) is 118 cm³/mol. The second-order valence-corrected chi connectivity index (χ2v) is 7.74. The van der Waals surface area contributed by atoms with E-state index in [1.54, 1.807) is 7.05 Å². The summed E-state index contributed by atoms with van der Waals surface area (Å²) in [4.78, 5) is 6.70. The van der Waals surface area contributed by atoms with Crippen LogP contribution in [0.25, 0.3) is 0 Å². The summed E-state index contributed by atoms with van der Waals surface area (Å²) in [6.45, 7) is 2.56. The fourth-order valence-electron chi connectivity index (χ4n) is 3.65. The van der Waals surface area contributed by atoms with Gasteiger partial charge < -0.3 is 20.6 Å². The van der Waals surface area contributed by atoms with Gasteiger partial charge in [0.25, 0.3) is 0 Å². The van der Waals surface area contributed by atoms with Gasteiger partial charge in [0.05, 0.1) is 11.3 Å². The van der Waals surface area contributed by atoms with Crippen LogP contribution < -0.4 is 15.5 Å². The molecule has 0 spiro atoms. The maximum atomic E-state index is 10.5. The number of aliphatic hydroxyl groups is 1. The van der Waals surface area contributed by atoms with Crippen molar-refractivity contribution in [1.29, 1.82) is 0 Å². The van der Waals surface area contributed by atoms with Crippen molar-refractivity contribution < 1.29 is 5.11 Å². The van der Waals surface area contributed by atoms with Crippen molar-refractivity contribution in [2.45, 2.75) is 43.7 Å². The molecule has 1 aromatic rings. The molecule has 1 unspecified atom stereocenters. The molecular formula is C18H28BrIN4O. The third-order valence-electron chi connectivity index (χ3n) is 5.06. The van der Waals surface area contributed by atoms with Gasteiger partial charge in [0.15, 0.2) is 5.96 Å². The average Bonchev–Trinajstić information content (AvgIpc) is 3.21. The molecule has 140 valence electrons. The van der Waals surface area contributed by atoms with Crippen molar-refractivity contribution in [2.24, 2.45) is 4.99 Å². The first kappa shape index (κ1) is 20.8. The molecule has 0 amide bonds. The Labute approximate surface area is 175 Å². The van der Waals surface area contributed by atoms with Crippen LogP contribution in [-0.4, -0.2) is 49.4 Å². The van der Waals surface area contributed by atoms with Crippen molar-refractivity contribution in [1.82, 2.24) is 10.6 Å². The molecule has 1 aliphatic heterocycles. The Hall–Kier alpha value is -0.540. The van der Waals surface area contributed by atoms with Crippen LogP contribution in [0.5, 0.6) is 0 Å². The van der Waals surface area contributed by atoms with Gasteiger partial charge in [0.2, 0.25) is 0 Å². The van der Waals surface area contributed by atoms with Gasteiger partial charge in [-0.05, 0) is 47.3 Å². The number of benzene rings is 1. The molecule has 0 radical (unpaired) electrons. The molecule has 25 heavy (non-hydrogen) atoms. The second kappa shape index (κ2) is 9.41. The zero-order chi connectivity index (χ0) is 17.0. The number of para-hydroxylation sites is 1. The van der Waals surface area contributed by atoms with Crippen LogP contribution in [0.2, 0.25) is 0 Å². The summed E-state index contributed by atoms with van der Waals surface area (Å²) in [5, 5.41) is 17.3. The highest BCUT2D eigenvalue weighted by Gasteiger charge is 2.31. The number of rotatable bonds is 4. The summed E-state index contributed by atoms with van der Waals surface area (Å²) in [6.07, 6.45) is 5.08. The highest BCUT2D eigenvalue weighted by Crippen LogP contribution is 2.29. The van der Waals surface area contributed by atoms with Crippen molar-refractivity contribution in [2.75, 3.05) is 31.6 Å². The number of nitrogens with one attached hydrogen (secondary N) is 2. The number of hydrogen-bond donors (Lipinski definition) is 3. The number of halogens is 2. The fourth-order valence-corrected chi connectivity index (χ4v) is 4.19. The normalized spacial score (nSPS) is 22.6. The minimum atomic E-state index is -0.561. The summed E-state index contributed by atoms with van der Waals surface area (Å²) < 4.78 is 1.14. The van der Waals surface area contributed by atoms with E-state index in [1.165, 1.54) is 5.69 Å². The zero-order valence-corrected chi connectivity index (χ0v) is 18.6. The van der Waals surface area contributed by atoms with Crippen LogP contribution >= 0.6 is 39.9 Å². The largest absolute Gasteiger partial charge is 0.388 e. The van der Waals surface area contributed by atoms with E-state index < -0.39 is 5.60 Å². The van der Waals surface area contributed by atoms with Crippen LogP contribution in [0, 0.1) is 0 Å². The molecule has 0 bridgehead atoms. The van der Waals surface area contributed by atoms with E-state index in [0.717, 1.165) is 55.6 Å². The van der Waals surface area contributed by atoms with Crippen molar-refractivity contribution in [3.63, 3.8) is 0 Å². The topological polar surface area (TPSA) is 59.9 Å². The lowest BCUT2D eigenvalue weighted by atomic mass is 10.0.